The molecule has 3 aromatic rings. The first-order chi connectivity index (χ1) is 17.5. The van der Waals surface area contributed by atoms with Crippen LogP contribution < -0.4 is 15.2 Å². The van der Waals surface area contributed by atoms with Gasteiger partial charge in [0.15, 0.2) is 0 Å². The van der Waals surface area contributed by atoms with Gasteiger partial charge in [-0.05, 0) is 43.2 Å². The molecule has 0 spiro atoms. The summed E-state index contributed by atoms with van der Waals surface area (Å²) >= 11 is 0. The SMILES string of the molecule is CC[C@@H](c1ccc(C(F)(F)F)c(F)c1)N1C[C@H]2COc3c(c4nc(C#N)ccc4n(C)c3=O)N2C[C@H]1C. The normalized spacial score (nSPS) is 20.6. The summed E-state index contributed by atoms with van der Waals surface area (Å²) in [6.45, 7) is 5.10. The van der Waals surface area contributed by atoms with E-state index in [0.717, 1.165) is 12.1 Å². The third-order valence-electron chi connectivity index (χ3n) is 7.36. The topological polar surface area (TPSA) is 74.4 Å². The number of rotatable bonds is 3. The van der Waals surface area contributed by atoms with E-state index in [1.807, 2.05) is 19.9 Å². The Morgan fingerprint density at radius 3 is 2.65 bits per heavy atom. The van der Waals surface area contributed by atoms with Gasteiger partial charge >= 0.3 is 6.18 Å². The van der Waals surface area contributed by atoms with Gasteiger partial charge in [0.2, 0.25) is 5.75 Å². The number of aromatic nitrogens is 2. The Labute approximate surface area is 210 Å². The average molecular weight is 516 g/mol. The number of nitriles is 1. The van der Waals surface area contributed by atoms with Crippen LogP contribution in [-0.4, -0.2) is 46.2 Å². The Morgan fingerprint density at radius 2 is 2.00 bits per heavy atom. The summed E-state index contributed by atoms with van der Waals surface area (Å²) in [6.07, 6.45) is -4.19. The van der Waals surface area contributed by atoms with Crippen LogP contribution in [0.2, 0.25) is 0 Å². The Kier molecular flexibility index (Phi) is 6.10. The molecule has 1 fully saturated rings. The zero-order valence-corrected chi connectivity index (χ0v) is 20.5. The number of piperazine rings is 1. The summed E-state index contributed by atoms with van der Waals surface area (Å²) in [5.41, 5.74) is 0.745. The van der Waals surface area contributed by atoms with E-state index in [2.05, 4.69) is 14.8 Å². The van der Waals surface area contributed by atoms with Crippen molar-refractivity contribution in [2.45, 2.75) is 44.6 Å². The van der Waals surface area contributed by atoms with Crippen LogP contribution in [0.15, 0.2) is 35.1 Å². The molecule has 4 heterocycles. The number of aryl methyl sites for hydroxylation is 1. The van der Waals surface area contributed by atoms with E-state index in [0.29, 0.717) is 41.8 Å². The second-order valence-electron chi connectivity index (χ2n) is 9.54. The summed E-state index contributed by atoms with van der Waals surface area (Å²) < 4.78 is 61.0. The lowest BCUT2D eigenvalue weighted by molar-refractivity contribution is -0.140. The molecule has 194 valence electrons. The zero-order valence-electron chi connectivity index (χ0n) is 20.5. The Morgan fingerprint density at radius 1 is 1.24 bits per heavy atom. The van der Waals surface area contributed by atoms with Crippen molar-refractivity contribution in [1.82, 2.24) is 14.5 Å². The number of alkyl halides is 3. The first kappa shape index (κ1) is 25.0. The van der Waals surface area contributed by atoms with Crippen LogP contribution in [0.1, 0.15) is 43.1 Å². The minimum atomic E-state index is -4.75. The Bertz CT molecular complexity index is 1480. The van der Waals surface area contributed by atoms with Crippen molar-refractivity contribution in [2.75, 3.05) is 24.6 Å². The van der Waals surface area contributed by atoms with Gasteiger partial charge in [-0.1, -0.05) is 13.0 Å². The molecule has 0 N–H and O–H groups in total. The van der Waals surface area contributed by atoms with E-state index in [9.17, 15) is 27.6 Å². The molecule has 37 heavy (non-hydrogen) atoms. The molecule has 0 bridgehead atoms. The number of fused-ring (bicyclic) bond motifs is 5. The fourth-order valence-electron chi connectivity index (χ4n) is 5.55. The Hall–Kier alpha value is -3.65. The molecule has 2 aliphatic heterocycles. The lowest BCUT2D eigenvalue weighted by Crippen LogP contribution is -2.61. The third-order valence-corrected chi connectivity index (χ3v) is 7.36. The van der Waals surface area contributed by atoms with Crippen molar-refractivity contribution in [3.8, 4) is 11.8 Å². The van der Waals surface area contributed by atoms with Gasteiger partial charge in [-0.25, -0.2) is 9.37 Å². The van der Waals surface area contributed by atoms with Crippen molar-refractivity contribution in [3.63, 3.8) is 0 Å². The maximum Gasteiger partial charge on any atom is 0.419 e. The molecule has 5 rings (SSSR count). The van der Waals surface area contributed by atoms with Crippen LogP contribution in [0.4, 0.5) is 23.2 Å². The monoisotopic (exact) mass is 515 g/mol. The first-order valence-corrected chi connectivity index (χ1v) is 12.0. The maximum absolute atomic E-state index is 14.4. The number of anilines is 1. The van der Waals surface area contributed by atoms with Gasteiger partial charge in [-0.2, -0.15) is 18.4 Å². The standard InChI is InChI=1S/C26H25F4N5O2/c1-4-20(15-5-7-18(19(27)9-15)26(28,29)30)34-12-17-13-37-24-23(35(17)11-14(34)2)22-21(33(3)25(24)36)8-6-16(10-31)32-22/h5-9,14,17,20H,4,11-13H2,1-3H3/t14-,17+,20+/m1/s1. The van der Waals surface area contributed by atoms with E-state index in [-0.39, 0.29) is 41.7 Å². The number of nitrogens with zero attached hydrogens (tertiary/aromatic N) is 5. The molecule has 2 aromatic heterocycles. The number of halogens is 4. The minimum absolute atomic E-state index is 0.0873. The van der Waals surface area contributed by atoms with Gasteiger partial charge in [0, 0.05) is 32.2 Å². The van der Waals surface area contributed by atoms with Crippen LogP contribution in [0.3, 0.4) is 0 Å². The minimum Gasteiger partial charge on any atom is -0.484 e. The van der Waals surface area contributed by atoms with Crippen molar-refractivity contribution >= 4 is 16.7 Å². The molecular formula is C26H25F4N5O2. The van der Waals surface area contributed by atoms with Crippen molar-refractivity contribution in [1.29, 1.82) is 5.26 Å². The molecule has 0 unspecified atom stereocenters. The quantitative estimate of drug-likeness (QED) is 0.482. The summed E-state index contributed by atoms with van der Waals surface area (Å²) in [7, 11) is 1.63. The van der Waals surface area contributed by atoms with Gasteiger partial charge < -0.3 is 14.2 Å². The van der Waals surface area contributed by atoms with Gasteiger partial charge in [-0.15, -0.1) is 0 Å². The van der Waals surface area contributed by atoms with Crippen LogP contribution in [0, 0.1) is 17.1 Å². The molecule has 0 saturated carbocycles. The van der Waals surface area contributed by atoms with E-state index in [4.69, 9.17) is 4.74 Å². The molecule has 1 aromatic carbocycles. The molecule has 11 heteroatoms. The van der Waals surface area contributed by atoms with Gasteiger partial charge in [0.25, 0.3) is 5.56 Å². The van der Waals surface area contributed by atoms with E-state index >= 15 is 0 Å². The molecule has 3 atom stereocenters. The third kappa shape index (κ3) is 4.09. The average Bonchev–Trinajstić information content (AvgIpc) is 2.86. The summed E-state index contributed by atoms with van der Waals surface area (Å²) in [5, 5.41) is 9.39. The zero-order chi connectivity index (χ0) is 26.6. The highest BCUT2D eigenvalue weighted by atomic mass is 19.4. The predicted octanol–water partition coefficient (Wildman–Crippen LogP) is 4.39. The van der Waals surface area contributed by atoms with Crippen molar-refractivity contribution in [2.24, 2.45) is 7.05 Å². The molecule has 0 amide bonds. The number of ether oxygens (including phenoxy) is 1. The lowest BCUT2D eigenvalue weighted by atomic mass is 9.95. The number of hydrogen-bond donors (Lipinski definition) is 0. The molecular weight excluding hydrogens is 490 g/mol. The fraction of sp³-hybridized carbons (Fsp3) is 0.423. The van der Waals surface area contributed by atoms with Crippen molar-refractivity contribution < 1.29 is 22.3 Å². The van der Waals surface area contributed by atoms with Crippen LogP contribution in [0.5, 0.6) is 5.75 Å². The number of pyridine rings is 2. The second kappa shape index (κ2) is 9.03. The highest BCUT2D eigenvalue weighted by molar-refractivity contribution is 5.93. The van der Waals surface area contributed by atoms with E-state index < -0.39 is 17.6 Å². The van der Waals surface area contributed by atoms with Gasteiger partial charge in [0.1, 0.15) is 35.4 Å². The van der Waals surface area contributed by atoms with Crippen LogP contribution in [0.25, 0.3) is 11.0 Å². The molecule has 2 aliphatic rings. The number of hydrogen-bond acceptors (Lipinski definition) is 6. The Balaban J connectivity index is 1.52. The highest BCUT2D eigenvalue weighted by Crippen LogP contribution is 2.41. The lowest BCUT2D eigenvalue weighted by Gasteiger charge is -2.50. The highest BCUT2D eigenvalue weighted by Gasteiger charge is 2.41. The van der Waals surface area contributed by atoms with E-state index in [1.54, 1.807) is 19.2 Å². The summed E-state index contributed by atoms with van der Waals surface area (Å²) in [4.78, 5) is 21.8. The maximum atomic E-state index is 14.4. The molecule has 0 radical (unpaired) electrons. The van der Waals surface area contributed by atoms with E-state index in [1.165, 1.54) is 10.6 Å². The predicted molar refractivity (Wildman–Crippen MR) is 129 cm³/mol. The van der Waals surface area contributed by atoms with Crippen LogP contribution >= 0.6 is 0 Å². The van der Waals surface area contributed by atoms with Crippen molar-refractivity contribution in [3.05, 3.63) is 63.3 Å². The fourth-order valence-corrected chi connectivity index (χ4v) is 5.55. The van der Waals surface area contributed by atoms with Crippen LogP contribution in [-0.2, 0) is 13.2 Å². The second-order valence-corrected chi connectivity index (χ2v) is 9.54. The molecule has 7 nitrogen and oxygen atoms in total. The summed E-state index contributed by atoms with van der Waals surface area (Å²) in [6, 6.07) is 7.84. The first-order valence-electron chi connectivity index (χ1n) is 12.0. The molecule has 1 saturated heterocycles. The largest absolute Gasteiger partial charge is 0.484 e. The number of benzene rings is 1. The van der Waals surface area contributed by atoms with Gasteiger partial charge in [0.05, 0.1) is 17.1 Å². The smallest absolute Gasteiger partial charge is 0.419 e. The molecule has 0 aliphatic carbocycles. The van der Waals surface area contributed by atoms with Gasteiger partial charge in [-0.3, -0.25) is 9.69 Å². The summed E-state index contributed by atoms with van der Waals surface area (Å²) in [5.74, 6) is -1.10.